The first-order valence-electron chi connectivity index (χ1n) is 7.22. The summed E-state index contributed by atoms with van der Waals surface area (Å²) >= 11 is 1.83. The molecule has 0 radical (unpaired) electrons. The van der Waals surface area contributed by atoms with Gasteiger partial charge < -0.3 is 5.73 Å². The maximum atomic E-state index is 6.14. The summed E-state index contributed by atoms with van der Waals surface area (Å²) in [5, 5.41) is 2.32. The predicted octanol–water partition coefficient (Wildman–Crippen LogP) is 4.41. The van der Waals surface area contributed by atoms with Crippen LogP contribution in [0.4, 0.5) is 0 Å². The van der Waals surface area contributed by atoms with Crippen LogP contribution in [0, 0.1) is 0 Å². The maximum Gasteiger partial charge on any atom is 0.100 e. The van der Waals surface area contributed by atoms with Gasteiger partial charge in [0.15, 0.2) is 0 Å². The third-order valence-corrected chi connectivity index (χ3v) is 4.33. The van der Waals surface area contributed by atoms with Gasteiger partial charge in [-0.25, -0.2) is 4.98 Å². The van der Waals surface area contributed by atoms with Gasteiger partial charge in [-0.1, -0.05) is 45.9 Å². The zero-order valence-corrected chi connectivity index (χ0v) is 13.6. The van der Waals surface area contributed by atoms with Crippen molar-refractivity contribution in [2.75, 3.05) is 0 Å². The Morgan fingerprint density at radius 1 is 1.25 bits per heavy atom. The minimum Gasteiger partial charge on any atom is -0.327 e. The highest BCUT2D eigenvalue weighted by Crippen LogP contribution is 2.34. The average Bonchev–Trinajstić information content (AvgIpc) is 2.37. The Balaban J connectivity index is 2.46. The third kappa shape index (κ3) is 3.97. The Labute approximate surface area is 126 Å². The number of aromatic nitrogens is 1. The molecule has 2 N–H and O–H groups in total. The molecule has 0 aliphatic rings. The number of hydrogen-bond acceptors (Lipinski definition) is 3. The van der Waals surface area contributed by atoms with Gasteiger partial charge in [-0.2, -0.15) is 0 Å². The fourth-order valence-electron chi connectivity index (χ4n) is 2.09. The summed E-state index contributed by atoms with van der Waals surface area (Å²) in [5.74, 6) is 0. The van der Waals surface area contributed by atoms with E-state index in [2.05, 4.69) is 52.0 Å². The van der Waals surface area contributed by atoms with Gasteiger partial charge in [0.05, 0.1) is 5.52 Å². The molecule has 0 aliphatic carbocycles. The van der Waals surface area contributed by atoms with Gasteiger partial charge in [0.2, 0.25) is 0 Å². The Morgan fingerprint density at radius 2 is 1.95 bits per heavy atom. The minimum absolute atomic E-state index is 0.153. The van der Waals surface area contributed by atoms with E-state index in [0.717, 1.165) is 23.4 Å². The molecule has 0 saturated heterocycles. The number of para-hydroxylation sites is 1. The van der Waals surface area contributed by atoms with E-state index < -0.39 is 0 Å². The number of benzene rings is 1. The summed E-state index contributed by atoms with van der Waals surface area (Å²) in [5.41, 5.74) is 8.48. The summed E-state index contributed by atoms with van der Waals surface area (Å²) in [6, 6.07) is 10.8. The van der Waals surface area contributed by atoms with Crippen LogP contribution in [0.3, 0.4) is 0 Å². The zero-order valence-electron chi connectivity index (χ0n) is 12.8. The second-order valence-electron chi connectivity index (χ2n) is 6.23. The molecule has 0 amide bonds. The Bertz CT molecular complexity index is 587. The molecule has 0 bridgehead atoms. The highest BCUT2D eigenvalue weighted by molar-refractivity contribution is 8.00. The largest absolute Gasteiger partial charge is 0.327 e. The average molecular weight is 288 g/mol. The van der Waals surface area contributed by atoms with Crippen molar-refractivity contribution in [3.63, 3.8) is 0 Å². The van der Waals surface area contributed by atoms with Crippen molar-refractivity contribution in [3.05, 3.63) is 35.9 Å². The van der Waals surface area contributed by atoms with Gasteiger partial charge in [0, 0.05) is 16.2 Å². The molecule has 3 heteroatoms. The minimum atomic E-state index is 0.153. The normalized spacial score (nSPS) is 13.7. The van der Waals surface area contributed by atoms with Crippen LogP contribution in [-0.4, -0.2) is 15.8 Å². The van der Waals surface area contributed by atoms with Crippen molar-refractivity contribution in [2.45, 2.75) is 56.4 Å². The molecule has 1 atom stereocenters. The number of rotatable bonds is 4. The van der Waals surface area contributed by atoms with Crippen LogP contribution in [0.25, 0.3) is 10.9 Å². The van der Waals surface area contributed by atoms with E-state index in [0.29, 0.717) is 0 Å². The molecule has 0 fully saturated rings. The van der Waals surface area contributed by atoms with E-state index in [4.69, 9.17) is 10.7 Å². The van der Waals surface area contributed by atoms with E-state index in [1.807, 2.05) is 17.8 Å². The summed E-state index contributed by atoms with van der Waals surface area (Å²) in [6.07, 6.45) is 1.89. The first-order chi connectivity index (χ1) is 9.39. The SMILES string of the molecule is CCC(N)Cc1cc2ccccc2nc1SC(C)(C)C. The number of nitrogens with zero attached hydrogens (tertiary/aromatic N) is 1. The van der Waals surface area contributed by atoms with E-state index in [-0.39, 0.29) is 10.8 Å². The molecule has 1 heterocycles. The van der Waals surface area contributed by atoms with Gasteiger partial charge in [0.1, 0.15) is 5.03 Å². The van der Waals surface area contributed by atoms with Gasteiger partial charge in [-0.05, 0) is 30.5 Å². The van der Waals surface area contributed by atoms with Gasteiger partial charge in [0.25, 0.3) is 0 Å². The monoisotopic (exact) mass is 288 g/mol. The first-order valence-corrected chi connectivity index (χ1v) is 8.04. The molecule has 0 aliphatic heterocycles. The number of fused-ring (bicyclic) bond motifs is 1. The number of hydrogen-bond donors (Lipinski definition) is 1. The smallest absolute Gasteiger partial charge is 0.100 e. The third-order valence-electron chi connectivity index (χ3n) is 3.17. The number of nitrogens with two attached hydrogens (primary N) is 1. The molecule has 1 unspecified atom stereocenters. The molecule has 1 aromatic carbocycles. The van der Waals surface area contributed by atoms with Gasteiger partial charge in [-0.15, -0.1) is 11.8 Å². The van der Waals surface area contributed by atoms with E-state index in [9.17, 15) is 0 Å². The topological polar surface area (TPSA) is 38.9 Å². The predicted molar refractivity (Wildman–Crippen MR) is 89.3 cm³/mol. The molecular weight excluding hydrogens is 264 g/mol. The van der Waals surface area contributed by atoms with Crippen LogP contribution in [0.15, 0.2) is 35.4 Å². The van der Waals surface area contributed by atoms with E-state index >= 15 is 0 Å². The van der Waals surface area contributed by atoms with Crippen molar-refractivity contribution in [2.24, 2.45) is 5.73 Å². The lowest BCUT2D eigenvalue weighted by Gasteiger charge is -2.20. The van der Waals surface area contributed by atoms with Crippen LogP contribution < -0.4 is 5.73 Å². The summed E-state index contributed by atoms with van der Waals surface area (Å²) in [6.45, 7) is 8.80. The van der Waals surface area contributed by atoms with Crippen molar-refractivity contribution in [1.29, 1.82) is 0 Å². The van der Waals surface area contributed by atoms with Crippen LogP contribution in [0.2, 0.25) is 0 Å². The molecule has 2 aromatic rings. The quantitative estimate of drug-likeness (QED) is 0.847. The number of thioether (sulfide) groups is 1. The first kappa shape index (κ1) is 15.3. The fourth-order valence-corrected chi connectivity index (χ4v) is 3.09. The van der Waals surface area contributed by atoms with Crippen LogP contribution in [0.5, 0.6) is 0 Å². The second-order valence-corrected chi connectivity index (χ2v) is 8.05. The van der Waals surface area contributed by atoms with Crippen molar-refractivity contribution in [3.8, 4) is 0 Å². The van der Waals surface area contributed by atoms with Crippen molar-refractivity contribution >= 4 is 22.7 Å². The molecule has 0 saturated carbocycles. The molecule has 1 aromatic heterocycles. The van der Waals surface area contributed by atoms with E-state index in [1.165, 1.54) is 10.9 Å². The number of pyridine rings is 1. The van der Waals surface area contributed by atoms with Crippen LogP contribution in [-0.2, 0) is 6.42 Å². The second kappa shape index (κ2) is 6.15. The molecular formula is C17H24N2S. The maximum absolute atomic E-state index is 6.14. The highest BCUT2D eigenvalue weighted by Gasteiger charge is 2.18. The zero-order chi connectivity index (χ0) is 14.8. The molecule has 108 valence electrons. The molecule has 20 heavy (non-hydrogen) atoms. The van der Waals surface area contributed by atoms with Crippen molar-refractivity contribution in [1.82, 2.24) is 4.98 Å². The van der Waals surface area contributed by atoms with Gasteiger partial charge in [-0.3, -0.25) is 0 Å². The lowest BCUT2D eigenvalue weighted by atomic mass is 10.0. The molecule has 2 rings (SSSR count). The fraction of sp³-hybridized carbons (Fsp3) is 0.471. The summed E-state index contributed by atoms with van der Waals surface area (Å²) < 4.78 is 0.153. The lowest BCUT2D eigenvalue weighted by molar-refractivity contribution is 0.638. The Morgan fingerprint density at radius 3 is 2.60 bits per heavy atom. The van der Waals surface area contributed by atoms with Crippen LogP contribution >= 0.6 is 11.8 Å². The molecule has 0 spiro atoms. The van der Waals surface area contributed by atoms with Gasteiger partial charge >= 0.3 is 0 Å². The highest BCUT2D eigenvalue weighted by atomic mass is 32.2. The Kier molecular flexibility index (Phi) is 4.71. The Hall–Kier alpha value is -1.06. The van der Waals surface area contributed by atoms with Crippen molar-refractivity contribution < 1.29 is 0 Å². The molecule has 2 nitrogen and oxygen atoms in total. The van der Waals surface area contributed by atoms with E-state index in [1.54, 1.807) is 0 Å². The lowest BCUT2D eigenvalue weighted by Crippen LogP contribution is -2.22. The summed E-state index contributed by atoms with van der Waals surface area (Å²) in [7, 11) is 0. The standard InChI is InChI=1S/C17H24N2S/c1-5-14(18)11-13-10-12-8-6-7-9-15(12)19-16(13)20-17(2,3)4/h6-10,14H,5,11,18H2,1-4H3. The van der Waals surface area contributed by atoms with Crippen LogP contribution in [0.1, 0.15) is 39.7 Å². The summed E-state index contributed by atoms with van der Waals surface area (Å²) in [4.78, 5) is 4.86.